The molecule has 0 fully saturated rings. The second-order valence-corrected chi connectivity index (χ2v) is 5.53. The molecule has 0 aliphatic carbocycles. The van der Waals surface area contributed by atoms with Crippen molar-refractivity contribution in [1.29, 1.82) is 0 Å². The van der Waals surface area contributed by atoms with Crippen LogP contribution in [-0.2, 0) is 6.54 Å². The second kappa shape index (κ2) is 7.28. The first-order chi connectivity index (χ1) is 7.65. The summed E-state index contributed by atoms with van der Waals surface area (Å²) in [6.07, 6.45) is 2.60. The summed E-state index contributed by atoms with van der Waals surface area (Å²) < 4.78 is 1.27. The summed E-state index contributed by atoms with van der Waals surface area (Å²) in [6, 6.07) is 4.55. The van der Waals surface area contributed by atoms with Gasteiger partial charge >= 0.3 is 0 Å². The number of halogens is 1. The molecule has 0 radical (unpaired) electrons. The lowest BCUT2D eigenvalue weighted by atomic mass is 10.00. The van der Waals surface area contributed by atoms with Gasteiger partial charge in [0.1, 0.15) is 0 Å². The molecule has 1 aromatic rings. The quantitative estimate of drug-likeness (QED) is 0.473. The van der Waals surface area contributed by atoms with Crippen molar-refractivity contribution in [3.63, 3.8) is 0 Å². The van der Waals surface area contributed by atoms with Gasteiger partial charge in [-0.15, -0.1) is 0 Å². The molecule has 16 heavy (non-hydrogen) atoms. The van der Waals surface area contributed by atoms with Crippen molar-refractivity contribution in [3.05, 3.63) is 34.4 Å². The molecule has 1 rings (SSSR count). The third-order valence-electron chi connectivity index (χ3n) is 2.88. The van der Waals surface area contributed by atoms with Crippen LogP contribution in [0.4, 0.5) is 0 Å². The van der Waals surface area contributed by atoms with Crippen molar-refractivity contribution in [2.24, 2.45) is 0 Å². The van der Waals surface area contributed by atoms with Crippen LogP contribution in [0.3, 0.4) is 0 Å². The lowest BCUT2D eigenvalue weighted by Gasteiger charge is -2.12. The molecule has 0 saturated heterocycles. The van der Waals surface area contributed by atoms with Crippen LogP contribution in [0, 0.1) is 20.8 Å². The lowest BCUT2D eigenvalue weighted by Crippen LogP contribution is -2.16. The maximum atomic E-state index is 3.53. The van der Waals surface area contributed by atoms with Gasteiger partial charge in [-0.05, 0) is 61.3 Å². The van der Waals surface area contributed by atoms with E-state index in [-0.39, 0.29) is 0 Å². The molecule has 2 heteroatoms. The predicted molar refractivity (Wildman–Crippen MR) is 80.5 cm³/mol. The van der Waals surface area contributed by atoms with Crippen LogP contribution in [-0.4, -0.2) is 11.0 Å². The van der Waals surface area contributed by atoms with Crippen LogP contribution in [0.15, 0.2) is 12.1 Å². The number of alkyl halides is 1. The van der Waals surface area contributed by atoms with Crippen LogP contribution >= 0.6 is 22.6 Å². The standard InChI is InChI=1S/C14H22IN/c1-11-8-12(2)14(13(3)9-11)10-16-7-5-4-6-15/h8-9,16H,4-7,10H2,1-3H3. The van der Waals surface area contributed by atoms with Gasteiger partial charge in [-0.3, -0.25) is 0 Å². The van der Waals surface area contributed by atoms with E-state index in [2.05, 4.69) is 60.8 Å². The molecule has 1 N–H and O–H groups in total. The van der Waals surface area contributed by atoms with E-state index in [4.69, 9.17) is 0 Å². The highest BCUT2D eigenvalue weighted by molar-refractivity contribution is 14.1. The molecule has 1 aromatic carbocycles. The molecule has 1 nitrogen and oxygen atoms in total. The smallest absolute Gasteiger partial charge is 0.0210 e. The Balaban J connectivity index is 2.47. The number of rotatable bonds is 6. The molecular formula is C14H22IN. The van der Waals surface area contributed by atoms with Crippen LogP contribution in [0.25, 0.3) is 0 Å². The van der Waals surface area contributed by atoms with Gasteiger partial charge in [-0.25, -0.2) is 0 Å². The van der Waals surface area contributed by atoms with Gasteiger partial charge in [0.05, 0.1) is 0 Å². The normalized spacial score (nSPS) is 10.8. The van der Waals surface area contributed by atoms with Crippen molar-refractivity contribution in [2.45, 2.75) is 40.2 Å². The van der Waals surface area contributed by atoms with E-state index in [1.165, 1.54) is 39.5 Å². The van der Waals surface area contributed by atoms with Crippen molar-refractivity contribution >= 4 is 22.6 Å². The first-order valence-corrected chi connectivity index (χ1v) is 7.51. The third-order valence-corrected chi connectivity index (χ3v) is 3.64. The largest absolute Gasteiger partial charge is 0.313 e. The highest BCUT2D eigenvalue weighted by Crippen LogP contribution is 2.15. The van der Waals surface area contributed by atoms with Gasteiger partial charge in [-0.2, -0.15) is 0 Å². The highest BCUT2D eigenvalue weighted by atomic mass is 127. The summed E-state index contributed by atoms with van der Waals surface area (Å²) in [5.41, 5.74) is 5.67. The fourth-order valence-electron chi connectivity index (χ4n) is 2.05. The Morgan fingerprint density at radius 3 is 2.25 bits per heavy atom. The minimum atomic E-state index is 1.01. The van der Waals surface area contributed by atoms with E-state index in [0.29, 0.717) is 0 Å². The fraction of sp³-hybridized carbons (Fsp3) is 0.571. The van der Waals surface area contributed by atoms with Crippen LogP contribution in [0.2, 0.25) is 0 Å². The maximum Gasteiger partial charge on any atom is 0.0210 e. The Kier molecular flexibility index (Phi) is 6.36. The van der Waals surface area contributed by atoms with E-state index in [9.17, 15) is 0 Å². The molecule has 90 valence electrons. The Morgan fingerprint density at radius 1 is 1.06 bits per heavy atom. The number of hydrogen-bond acceptors (Lipinski definition) is 1. The van der Waals surface area contributed by atoms with Gasteiger partial charge in [-0.1, -0.05) is 40.3 Å². The van der Waals surface area contributed by atoms with Gasteiger partial charge in [0.25, 0.3) is 0 Å². The number of nitrogens with one attached hydrogen (secondary N) is 1. The number of benzene rings is 1. The highest BCUT2D eigenvalue weighted by Gasteiger charge is 2.02. The molecule has 0 unspecified atom stereocenters. The van der Waals surface area contributed by atoms with Crippen LogP contribution in [0.5, 0.6) is 0 Å². The molecule has 0 heterocycles. The number of hydrogen-bond donors (Lipinski definition) is 1. The van der Waals surface area contributed by atoms with Crippen molar-refractivity contribution in [2.75, 3.05) is 11.0 Å². The van der Waals surface area contributed by atoms with Gasteiger partial charge in [0, 0.05) is 6.54 Å². The lowest BCUT2D eigenvalue weighted by molar-refractivity contribution is 0.642. The summed E-state index contributed by atoms with van der Waals surface area (Å²) in [7, 11) is 0. The molecule has 0 saturated carbocycles. The summed E-state index contributed by atoms with van der Waals surface area (Å²) in [4.78, 5) is 0. The van der Waals surface area contributed by atoms with Gasteiger partial charge in [0.15, 0.2) is 0 Å². The Bertz CT molecular complexity index is 311. The average Bonchev–Trinajstić information content (AvgIpc) is 2.20. The average molecular weight is 331 g/mol. The maximum absolute atomic E-state index is 3.53. The first-order valence-electron chi connectivity index (χ1n) is 5.98. The summed E-state index contributed by atoms with van der Waals surface area (Å²) in [5.74, 6) is 0. The SMILES string of the molecule is Cc1cc(C)c(CNCCCCI)c(C)c1. The first kappa shape index (κ1) is 14.0. The monoisotopic (exact) mass is 331 g/mol. The van der Waals surface area contributed by atoms with E-state index in [0.717, 1.165) is 13.1 Å². The predicted octanol–water partition coefficient (Wildman–Crippen LogP) is 3.92. The van der Waals surface area contributed by atoms with E-state index in [1.54, 1.807) is 0 Å². The summed E-state index contributed by atoms with van der Waals surface area (Å²) in [5, 5.41) is 3.53. The second-order valence-electron chi connectivity index (χ2n) is 4.45. The van der Waals surface area contributed by atoms with E-state index >= 15 is 0 Å². The topological polar surface area (TPSA) is 12.0 Å². The summed E-state index contributed by atoms with van der Waals surface area (Å²) >= 11 is 2.44. The van der Waals surface area contributed by atoms with Crippen molar-refractivity contribution < 1.29 is 0 Å². The minimum Gasteiger partial charge on any atom is -0.313 e. The number of unbranched alkanes of at least 4 members (excludes halogenated alkanes) is 1. The molecule has 0 atom stereocenters. The molecular weight excluding hydrogens is 309 g/mol. The van der Waals surface area contributed by atoms with Gasteiger partial charge in [0.2, 0.25) is 0 Å². The molecule has 0 aliphatic rings. The zero-order valence-corrected chi connectivity index (χ0v) is 12.7. The minimum absolute atomic E-state index is 1.01. The Morgan fingerprint density at radius 2 is 1.69 bits per heavy atom. The summed E-state index contributed by atoms with van der Waals surface area (Å²) in [6.45, 7) is 8.73. The van der Waals surface area contributed by atoms with Crippen LogP contribution < -0.4 is 5.32 Å². The molecule has 0 spiro atoms. The zero-order chi connectivity index (χ0) is 12.0. The van der Waals surface area contributed by atoms with E-state index < -0.39 is 0 Å². The molecule has 0 aliphatic heterocycles. The van der Waals surface area contributed by atoms with Crippen LogP contribution in [0.1, 0.15) is 35.1 Å². The Hall–Kier alpha value is -0.0900. The third kappa shape index (κ3) is 4.42. The van der Waals surface area contributed by atoms with E-state index in [1.807, 2.05) is 0 Å². The fourth-order valence-corrected chi connectivity index (χ4v) is 2.59. The zero-order valence-electron chi connectivity index (χ0n) is 10.6. The van der Waals surface area contributed by atoms with Crippen molar-refractivity contribution in [3.8, 4) is 0 Å². The van der Waals surface area contributed by atoms with Gasteiger partial charge < -0.3 is 5.32 Å². The van der Waals surface area contributed by atoms with Crippen molar-refractivity contribution in [1.82, 2.24) is 5.32 Å². The number of aryl methyl sites for hydroxylation is 3. The molecule has 0 bridgehead atoms. The molecule has 0 aromatic heterocycles. The molecule has 0 amide bonds. The Labute approximate surface area is 113 Å².